The number of guanidine groups is 1. The van der Waals surface area contributed by atoms with Crippen LogP contribution in [0.25, 0.3) is 0 Å². The third-order valence-electron chi connectivity index (χ3n) is 5.59. The number of hydrogen-bond donors (Lipinski definition) is 2. The Kier molecular flexibility index (Phi) is 6.39. The summed E-state index contributed by atoms with van der Waals surface area (Å²) in [6.45, 7) is 6.60. The molecule has 2 aromatic rings. The molecule has 1 aromatic carbocycles. The largest absolute Gasteiger partial charge is 0.506 e. The Morgan fingerprint density at radius 3 is 2.59 bits per heavy atom. The minimum absolute atomic E-state index is 0.347. The lowest BCUT2D eigenvalue weighted by Gasteiger charge is -2.37. The zero-order valence-corrected chi connectivity index (χ0v) is 17.9. The first-order valence-corrected chi connectivity index (χ1v) is 11.3. The Morgan fingerprint density at radius 2 is 1.86 bits per heavy atom. The third-order valence-corrected chi connectivity index (χ3v) is 6.54. The van der Waals surface area contributed by atoms with Gasteiger partial charge in [-0.15, -0.1) is 11.3 Å². The van der Waals surface area contributed by atoms with E-state index in [-0.39, 0.29) is 0 Å². The van der Waals surface area contributed by atoms with Gasteiger partial charge in [-0.1, -0.05) is 12.1 Å². The Labute approximate surface area is 176 Å². The van der Waals surface area contributed by atoms with E-state index in [0.29, 0.717) is 5.75 Å². The summed E-state index contributed by atoms with van der Waals surface area (Å²) in [5.41, 5.74) is 2.07. The smallest absolute Gasteiger partial charge is 0.193 e. The maximum atomic E-state index is 10.1. The van der Waals surface area contributed by atoms with E-state index in [4.69, 9.17) is 4.98 Å². The number of anilines is 2. The van der Waals surface area contributed by atoms with E-state index < -0.39 is 0 Å². The second-order valence-electron chi connectivity index (χ2n) is 7.50. The predicted octanol–water partition coefficient (Wildman–Crippen LogP) is 2.39. The molecule has 4 rings (SSSR count). The van der Waals surface area contributed by atoms with E-state index in [0.717, 1.165) is 69.6 Å². The van der Waals surface area contributed by atoms with Gasteiger partial charge in [0.1, 0.15) is 5.75 Å². The molecule has 2 N–H and O–H groups in total. The average Bonchev–Trinajstić information content (AvgIpc) is 3.44. The number of piperazine rings is 1. The van der Waals surface area contributed by atoms with Gasteiger partial charge in [0.05, 0.1) is 11.4 Å². The van der Waals surface area contributed by atoms with E-state index in [1.165, 1.54) is 18.0 Å². The number of nitrogens with zero attached hydrogens (tertiary/aromatic N) is 5. The van der Waals surface area contributed by atoms with E-state index in [2.05, 4.69) is 30.4 Å². The molecule has 7 nitrogen and oxygen atoms in total. The molecule has 0 radical (unpaired) electrons. The van der Waals surface area contributed by atoms with Gasteiger partial charge < -0.3 is 25.1 Å². The first-order chi connectivity index (χ1) is 14.2. The van der Waals surface area contributed by atoms with Gasteiger partial charge in [-0.3, -0.25) is 4.99 Å². The maximum Gasteiger partial charge on any atom is 0.193 e. The standard InChI is InChI=1S/C21H30N6OS/c1-22-20(23-9-8-17-16-29-21(24-17)27-10-4-5-11-27)26-14-12-25(13-15-26)18-6-2-3-7-19(18)28/h2-3,6-7,16,28H,4-5,8-15H2,1H3,(H,22,23). The topological polar surface area (TPSA) is 67.2 Å². The van der Waals surface area contributed by atoms with Crippen LogP contribution < -0.4 is 15.1 Å². The zero-order valence-electron chi connectivity index (χ0n) is 17.0. The highest BCUT2D eigenvalue weighted by Gasteiger charge is 2.21. The number of hydrogen-bond acceptors (Lipinski definition) is 6. The van der Waals surface area contributed by atoms with Crippen LogP contribution in [0.5, 0.6) is 5.75 Å². The highest BCUT2D eigenvalue weighted by atomic mass is 32.1. The van der Waals surface area contributed by atoms with Crippen molar-refractivity contribution in [2.75, 3.05) is 62.7 Å². The van der Waals surface area contributed by atoms with Crippen LogP contribution in [-0.2, 0) is 6.42 Å². The summed E-state index contributed by atoms with van der Waals surface area (Å²) in [7, 11) is 1.84. The molecular formula is C21H30N6OS. The second kappa shape index (κ2) is 9.35. The van der Waals surface area contributed by atoms with E-state index in [1.807, 2.05) is 25.2 Å². The fourth-order valence-electron chi connectivity index (χ4n) is 3.99. The quantitative estimate of drug-likeness (QED) is 0.579. The van der Waals surface area contributed by atoms with Gasteiger partial charge in [0.15, 0.2) is 11.1 Å². The summed E-state index contributed by atoms with van der Waals surface area (Å²) in [5, 5.41) is 16.9. The summed E-state index contributed by atoms with van der Waals surface area (Å²) in [6, 6.07) is 7.55. The molecule has 8 heteroatoms. The van der Waals surface area contributed by atoms with Crippen LogP contribution in [0.2, 0.25) is 0 Å². The molecule has 3 heterocycles. The molecule has 0 amide bonds. The second-order valence-corrected chi connectivity index (χ2v) is 8.34. The molecule has 2 aliphatic heterocycles. The van der Waals surface area contributed by atoms with Crippen LogP contribution >= 0.6 is 11.3 Å². The highest BCUT2D eigenvalue weighted by molar-refractivity contribution is 7.13. The summed E-state index contributed by atoms with van der Waals surface area (Å²) in [5.74, 6) is 1.29. The number of thiazole rings is 1. The minimum atomic E-state index is 0.347. The number of benzene rings is 1. The summed E-state index contributed by atoms with van der Waals surface area (Å²) >= 11 is 1.76. The lowest BCUT2D eigenvalue weighted by atomic mass is 10.2. The summed E-state index contributed by atoms with van der Waals surface area (Å²) in [6.07, 6.45) is 3.47. The van der Waals surface area contributed by atoms with Crippen molar-refractivity contribution in [3.63, 3.8) is 0 Å². The van der Waals surface area contributed by atoms with Crippen molar-refractivity contribution in [2.45, 2.75) is 19.3 Å². The molecule has 29 heavy (non-hydrogen) atoms. The Balaban J connectivity index is 1.24. The summed E-state index contributed by atoms with van der Waals surface area (Å²) < 4.78 is 0. The lowest BCUT2D eigenvalue weighted by molar-refractivity contribution is 0.370. The van der Waals surface area contributed by atoms with Gasteiger partial charge in [0.25, 0.3) is 0 Å². The molecule has 156 valence electrons. The first kappa shape index (κ1) is 19.8. The zero-order chi connectivity index (χ0) is 20.1. The SMILES string of the molecule is CN=C(NCCc1csc(N2CCCC2)n1)N1CCN(c2ccccc2O)CC1. The van der Waals surface area contributed by atoms with Crippen molar-refractivity contribution in [1.29, 1.82) is 0 Å². The molecule has 0 bridgehead atoms. The number of aliphatic imine (C=N–C) groups is 1. The average molecular weight is 415 g/mol. The van der Waals surface area contributed by atoms with Crippen molar-refractivity contribution < 1.29 is 5.11 Å². The van der Waals surface area contributed by atoms with Gasteiger partial charge in [-0.05, 0) is 25.0 Å². The van der Waals surface area contributed by atoms with Gasteiger partial charge in [-0.2, -0.15) is 0 Å². The van der Waals surface area contributed by atoms with Crippen molar-refractivity contribution >= 4 is 28.1 Å². The molecule has 2 fully saturated rings. The molecule has 0 saturated carbocycles. The molecule has 2 aliphatic rings. The van der Waals surface area contributed by atoms with Crippen LogP contribution in [0.15, 0.2) is 34.6 Å². The van der Waals surface area contributed by atoms with Crippen molar-refractivity contribution in [2.24, 2.45) is 4.99 Å². The number of phenolic OH excluding ortho intramolecular Hbond substituents is 1. The predicted molar refractivity (Wildman–Crippen MR) is 121 cm³/mol. The number of aromatic hydroxyl groups is 1. The van der Waals surface area contributed by atoms with Crippen LogP contribution in [-0.4, -0.2) is 73.8 Å². The molecule has 2 saturated heterocycles. The normalized spacial score (nSPS) is 17.8. The number of aromatic nitrogens is 1. The van der Waals surface area contributed by atoms with Gasteiger partial charge >= 0.3 is 0 Å². The number of para-hydroxylation sites is 2. The van der Waals surface area contributed by atoms with E-state index >= 15 is 0 Å². The lowest BCUT2D eigenvalue weighted by Crippen LogP contribution is -2.52. The maximum absolute atomic E-state index is 10.1. The van der Waals surface area contributed by atoms with Crippen molar-refractivity contribution in [3.8, 4) is 5.75 Å². The minimum Gasteiger partial charge on any atom is -0.506 e. The van der Waals surface area contributed by atoms with Gasteiger partial charge in [0, 0.05) is 64.7 Å². The third kappa shape index (κ3) is 4.75. The van der Waals surface area contributed by atoms with E-state index in [9.17, 15) is 5.11 Å². The highest BCUT2D eigenvalue weighted by Crippen LogP contribution is 2.27. The van der Waals surface area contributed by atoms with Crippen molar-refractivity contribution in [3.05, 3.63) is 35.3 Å². The molecule has 0 atom stereocenters. The van der Waals surface area contributed by atoms with Gasteiger partial charge in [-0.25, -0.2) is 4.98 Å². The molecule has 0 unspecified atom stereocenters. The summed E-state index contributed by atoms with van der Waals surface area (Å²) in [4.78, 5) is 16.2. The molecule has 0 aliphatic carbocycles. The molecule has 1 aromatic heterocycles. The Bertz CT molecular complexity index is 824. The van der Waals surface area contributed by atoms with Crippen LogP contribution in [0.4, 0.5) is 10.8 Å². The monoisotopic (exact) mass is 414 g/mol. The Morgan fingerprint density at radius 1 is 1.10 bits per heavy atom. The number of rotatable bonds is 5. The van der Waals surface area contributed by atoms with Gasteiger partial charge in [0.2, 0.25) is 0 Å². The van der Waals surface area contributed by atoms with E-state index in [1.54, 1.807) is 17.4 Å². The van der Waals surface area contributed by atoms with Crippen LogP contribution in [0.3, 0.4) is 0 Å². The Hall–Kier alpha value is -2.48. The van der Waals surface area contributed by atoms with Crippen molar-refractivity contribution in [1.82, 2.24) is 15.2 Å². The number of nitrogens with one attached hydrogen (secondary N) is 1. The molecular weight excluding hydrogens is 384 g/mol. The fraction of sp³-hybridized carbons (Fsp3) is 0.524. The first-order valence-electron chi connectivity index (χ1n) is 10.4. The number of phenols is 1. The van der Waals surface area contributed by atoms with Crippen LogP contribution in [0.1, 0.15) is 18.5 Å². The molecule has 0 spiro atoms. The van der Waals surface area contributed by atoms with Crippen LogP contribution in [0, 0.1) is 0 Å². The fourth-order valence-corrected chi connectivity index (χ4v) is 4.90.